The largest absolute Gasteiger partial charge is 0.337 e. The van der Waals surface area contributed by atoms with Crippen LogP contribution in [0, 0.1) is 6.92 Å². The first kappa shape index (κ1) is 20.3. The molecule has 6 nitrogen and oxygen atoms in total. The van der Waals surface area contributed by atoms with Crippen molar-refractivity contribution in [3.8, 4) is 0 Å². The minimum absolute atomic E-state index is 0.113. The Balaban J connectivity index is 1.47. The number of carbonyl (C=O) groups is 1. The van der Waals surface area contributed by atoms with Crippen molar-refractivity contribution >= 4 is 32.9 Å². The van der Waals surface area contributed by atoms with Crippen molar-refractivity contribution in [1.82, 2.24) is 14.2 Å². The number of nitrogens with zero attached hydrogens (tertiary/aromatic N) is 3. The van der Waals surface area contributed by atoms with Gasteiger partial charge in [0.05, 0.1) is 5.52 Å². The predicted molar refractivity (Wildman–Crippen MR) is 117 cm³/mol. The number of aromatic nitrogens is 1. The van der Waals surface area contributed by atoms with E-state index in [0.29, 0.717) is 18.6 Å². The molecule has 3 aromatic rings. The molecule has 0 spiro atoms. The highest BCUT2D eigenvalue weighted by atomic mass is 32.2. The van der Waals surface area contributed by atoms with Gasteiger partial charge in [0.25, 0.3) is 0 Å². The van der Waals surface area contributed by atoms with Gasteiger partial charge in [-0.05, 0) is 36.3 Å². The highest BCUT2D eigenvalue weighted by Crippen LogP contribution is 2.25. The molecule has 7 heteroatoms. The third-order valence-corrected chi connectivity index (χ3v) is 7.13. The molecule has 1 aliphatic rings. The zero-order valence-electron chi connectivity index (χ0n) is 16.7. The van der Waals surface area contributed by atoms with Crippen molar-refractivity contribution in [2.75, 3.05) is 26.2 Å². The molecule has 0 bridgehead atoms. The Bertz CT molecular complexity index is 1200. The van der Waals surface area contributed by atoms with Crippen LogP contribution in [0.15, 0.2) is 71.8 Å². The van der Waals surface area contributed by atoms with Crippen molar-refractivity contribution in [3.63, 3.8) is 0 Å². The molecule has 1 amide bonds. The predicted octanol–water partition coefficient (Wildman–Crippen LogP) is 3.09. The maximum atomic E-state index is 13.2. The fraction of sp³-hybridized carbons (Fsp3) is 0.217. The Morgan fingerprint density at radius 3 is 2.47 bits per heavy atom. The molecule has 1 fully saturated rings. The van der Waals surface area contributed by atoms with Crippen LogP contribution in [0.4, 0.5) is 0 Å². The fourth-order valence-electron chi connectivity index (χ4n) is 3.58. The van der Waals surface area contributed by atoms with Gasteiger partial charge < -0.3 is 4.90 Å². The van der Waals surface area contributed by atoms with Gasteiger partial charge in [0.1, 0.15) is 4.90 Å². The van der Waals surface area contributed by atoms with Crippen molar-refractivity contribution < 1.29 is 13.2 Å². The second-order valence-electron chi connectivity index (χ2n) is 7.31. The van der Waals surface area contributed by atoms with Crippen LogP contribution in [-0.4, -0.2) is 54.7 Å². The van der Waals surface area contributed by atoms with Gasteiger partial charge in [-0.25, -0.2) is 8.42 Å². The lowest BCUT2D eigenvalue weighted by Crippen LogP contribution is -2.50. The second-order valence-corrected chi connectivity index (χ2v) is 9.22. The standard InChI is InChI=1S/C23H23N3O3S/c1-18-16-20-8-5-9-21(23(20)24-17-18)30(28,29)26-14-12-25(13-15-26)22(27)11-10-19-6-3-2-4-7-19/h2-11,16-17H,12-15H2,1H3/b11-10+. The van der Waals surface area contributed by atoms with Gasteiger partial charge in [-0.1, -0.05) is 42.5 Å². The van der Waals surface area contributed by atoms with E-state index in [4.69, 9.17) is 0 Å². The third kappa shape index (κ3) is 4.13. The molecule has 30 heavy (non-hydrogen) atoms. The molecular weight excluding hydrogens is 398 g/mol. The zero-order chi connectivity index (χ0) is 21.1. The van der Waals surface area contributed by atoms with Crippen LogP contribution in [0.5, 0.6) is 0 Å². The van der Waals surface area contributed by atoms with Gasteiger partial charge in [-0.15, -0.1) is 0 Å². The number of rotatable bonds is 4. The zero-order valence-corrected chi connectivity index (χ0v) is 17.5. The average Bonchev–Trinajstić information content (AvgIpc) is 2.77. The van der Waals surface area contributed by atoms with Crippen LogP contribution in [0.2, 0.25) is 0 Å². The van der Waals surface area contributed by atoms with E-state index in [1.165, 1.54) is 10.4 Å². The molecule has 0 radical (unpaired) electrons. The van der Waals surface area contributed by atoms with E-state index in [0.717, 1.165) is 16.5 Å². The number of para-hydroxylation sites is 1. The minimum Gasteiger partial charge on any atom is -0.337 e. The van der Waals surface area contributed by atoms with Gasteiger partial charge in [0.15, 0.2) is 0 Å². The third-order valence-electron chi connectivity index (χ3n) is 5.20. The van der Waals surface area contributed by atoms with Gasteiger partial charge >= 0.3 is 0 Å². The molecule has 1 saturated heterocycles. The number of benzene rings is 2. The summed E-state index contributed by atoms with van der Waals surface area (Å²) in [4.78, 5) is 18.7. The summed E-state index contributed by atoms with van der Waals surface area (Å²) in [5, 5.41) is 0.802. The maximum Gasteiger partial charge on any atom is 0.246 e. The number of piperazine rings is 1. The number of hydrogen-bond donors (Lipinski definition) is 0. The van der Waals surface area contributed by atoms with E-state index >= 15 is 0 Å². The summed E-state index contributed by atoms with van der Waals surface area (Å²) in [5.74, 6) is -0.113. The molecule has 2 aromatic carbocycles. The molecule has 154 valence electrons. The smallest absolute Gasteiger partial charge is 0.246 e. The molecule has 0 N–H and O–H groups in total. The summed E-state index contributed by atoms with van der Waals surface area (Å²) >= 11 is 0. The monoisotopic (exact) mass is 421 g/mol. The van der Waals surface area contributed by atoms with E-state index in [2.05, 4.69) is 4.98 Å². The number of carbonyl (C=O) groups excluding carboxylic acids is 1. The van der Waals surface area contributed by atoms with Gasteiger partial charge in [-0.2, -0.15) is 4.31 Å². The van der Waals surface area contributed by atoms with Crippen LogP contribution < -0.4 is 0 Å². The van der Waals surface area contributed by atoms with E-state index in [-0.39, 0.29) is 23.9 Å². The highest BCUT2D eigenvalue weighted by molar-refractivity contribution is 7.89. The van der Waals surface area contributed by atoms with Crippen LogP contribution in [0.25, 0.3) is 17.0 Å². The highest BCUT2D eigenvalue weighted by Gasteiger charge is 2.31. The Morgan fingerprint density at radius 2 is 1.73 bits per heavy atom. The number of aryl methyl sites for hydroxylation is 1. The van der Waals surface area contributed by atoms with E-state index in [9.17, 15) is 13.2 Å². The Morgan fingerprint density at radius 1 is 1.00 bits per heavy atom. The van der Waals surface area contributed by atoms with E-state index in [1.807, 2.05) is 49.4 Å². The molecule has 1 aromatic heterocycles. The molecule has 1 aliphatic heterocycles. The van der Waals surface area contributed by atoms with Crippen LogP contribution in [-0.2, 0) is 14.8 Å². The lowest BCUT2D eigenvalue weighted by molar-refractivity contribution is -0.127. The summed E-state index contributed by atoms with van der Waals surface area (Å²) in [6, 6.07) is 16.7. The molecule has 0 unspecified atom stereocenters. The number of sulfonamides is 1. The van der Waals surface area contributed by atoms with Crippen molar-refractivity contribution in [2.24, 2.45) is 0 Å². The Kier molecular flexibility index (Phi) is 5.65. The minimum atomic E-state index is -3.69. The molecule has 0 saturated carbocycles. The molecule has 4 rings (SSSR count). The quantitative estimate of drug-likeness (QED) is 0.607. The molecule has 2 heterocycles. The van der Waals surface area contributed by atoms with Gasteiger partial charge in [0.2, 0.25) is 15.9 Å². The summed E-state index contributed by atoms with van der Waals surface area (Å²) in [6.45, 7) is 3.16. The lowest BCUT2D eigenvalue weighted by Gasteiger charge is -2.33. The number of amides is 1. The molecular formula is C23H23N3O3S. The van der Waals surface area contributed by atoms with Crippen molar-refractivity contribution in [1.29, 1.82) is 0 Å². The number of pyridine rings is 1. The van der Waals surface area contributed by atoms with Crippen molar-refractivity contribution in [2.45, 2.75) is 11.8 Å². The number of hydrogen-bond acceptors (Lipinski definition) is 4. The van der Waals surface area contributed by atoms with Crippen LogP contribution in [0.3, 0.4) is 0 Å². The van der Waals surface area contributed by atoms with E-state index < -0.39 is 10.0 Å². The average molecular weight is 422 g/mol. The normalized spacial score (nSPS) is 15.7. The van der Waals surface area contributed by atoms with Crippen molar-refractivity contribution in [3.05, 3.63) is 78.0 Å². The second kappa shape index (κ2) is 8.38. The Hall–Kier alpha value is -3.03. The first-order valence-electron chi connectivity index (χ1n) is 9.83. The van der Waals surface area contributed by atoms with Gasteiger partial charge in [-0.3, -0.25) is 9.78 Å². The fourth-order valence-corrected chi connectivity index (χ4v) is 5.16. The molecule has 0 atom stereocenters. The summed E-state index contributed by atoms with van der Waals surface area (Å²) < 4.78 is 27.9. The first-order chi connectivity index (χ1) is 14.4. The SMILES string of the molecule is Cc1cnc2c(S(=O)(=O)N3CCN(C(=O)/C=C/c4ccccc4)CC3)cccc2c1. The maximum absolute atomic E-state index is 13.2. The first-order valence-corrected chi connectivity index (χ1v) is 11.3. The molecule has 0 aliphatic carbocycles. The lowest BCUT2D eigenvalue weighted by atomic mass is 10.2. The summed E-state index contributed by atoms with van der Waals surface area (Å²) in [5.41, 5.74) is 2.41. The topological polar surface area (TPSA) is 70.6 Å². The summed E-state index contributed by atoms with van der Waals surface area (Å²) in [6.07, 6.45) is 4.99. The van der Waals surface area contributed by atoms with Crippen LogP contribution in [0.1, 0.15) is 11.1 Å². The summed E-state index contributed by atoms with van der Waals surface area (Å²) in [7, 11) is -3.69. The Labute approximate surface area is 176 Å². The van der Waals surface area contributed by atoms with Gasteiger partial charge in [0, 0.05) is 43.8 Å². The number of fused-ring (bicyclic) bond motifs is 1. The van der Waals surface area contributed by atoms with Crippen LogP contribution >= 0.6 is 0 Å². The van der Waals surface area contributed by atoms with E-state index in [1.54, 1.807) is 29.3 Å².